The third kappa shape index (κ3) is 2.24. The highest BCUT2D eigenvalue weighted by Gasteiger charge is 2.63. The molecule has 2 aliphatic heterocycles. The molecule has 0 bridgehead atoms. The number of hydrogen-bond donors (Lipinski definition) is 0. The zero-order valence-electron chi connectivity index (χ0n) is 17.2. The average molecular weight is 353 g/mol. The van der Waals surface area contributed by atoms with E-state index in [1.807, 2.05) is 0 Å². The molecular formula is C24H36N2. The largest absolute Gasteiger partial charge is 0.306 e. The first kappa shape index (κ1) is 17.3. The molecule has 4 aliphatic rings. The van der Waals surface area contributed by atoms with Crippen LogP contribution in [0.25, 0.3) is 0 Å². The molecular weight excluding hydrogens is 316 g/mol. The van der Waals surface area contributed by atoms with Crippen LogP contribution in [-0.2, 0) is 11.8 Å². The van der Waals surface area contributed by atoms with E-state index in [1.165, 1.54) is 58.3 Å². The van der Waals surface area contributed by atoms with Crippen LogP contribution in [0.3, 0.4) is 0 Å². The van der Waals surface area contributed by atoms with E-state index in [0.29, 0.717) is 16.9 Å². The molecule has 2 nitrogen and oxygen atoms in total. The summed E-state index contributed by atoms with van der Waals surface area (Å²) in [6.45, 7) is 12.8. The highest BCUT2D eigenvalue weighted by Crippen LogP contribution is 2.63. The third-order valence-electron chi connectivity index (χ3n) is 8.99. The monoisotopic (exact) mass is 352 g/mol. The molecule has 2 aliphatic carbocycles. The van der Waals surface area contributed by atoms with Gasteiger partial charge in [-0.1, -0.05) is 25.1 Å². The minimum Gasteiger partial charge on any atom is -0.306 e. The Morgan fingerprint density at radius 1 is 1.15 bits per heavy atom. The Morgan fingerprint density at radius 3 is 2.73 bits per heavy atom. The summed E-state index contributed by atoms with van der Waals surface area (Å²) in [6.07, 6.45) is 6.95. The third-order valence-corrected chi connectivity index (χ3v) is 8.99. The molecule has 1 spiro atoms. The smallest absolute Gasteiger partial charge is 0.0130 e. The molecule has 26 heavy (non-hydrogen) atoms. The second kappa shape index (κ2) is 5.82. The molecule has 1 aromatic carbocycles. The number of likely N-dealkylation sites (tertiary alicyclic amines) is 2. The number of nitrogens with zero attached hydrogens (tertiary/aromatic N) is 2. The fraction of sp³-hybridized carbons (Fsp3) is 0.750. The van der Waals surface area contributed by atoms with Gasteiger partial charge in [0.25, 0.3) is 0 Å². The van der Waals surface area contributed by atoms with Crippen LogP contribution in [0.1, 0.15) is 56.2 Å². The highest BCUT2D eigenvalue weighted by molar-refractivity contribution is 5.49. The summed E-state index contributed by atoms with van der Waals surface area (Å²) in [6, 6.07) is 7.80. The van der Waals surface area contributed by atoms with Gasteiger partial charge in [0.15, 0.2) is 0 Å². The molecule has 4 unspecified atom stereocenters. The van der Waals surface area contributed by atoms with E-state index in [2.05, 4.69) is 55.8 Å². The number of piperidine rings is 1. The van der Waals surface area contributed by atoms with Gasteiger partial charge in [-0.05, 0) is 100 Å². The zero-order chi connectivity index (χ0) is 18.1. The minimum atomic E-state index is 0.382. The Bertz CT molecular complexity index is 708. The number of rotatable bonds is 2. The lowest BCUT2D eigenvalue weighted by molar-refractivity contribution is -0.0592. The van der Waals surface area contributed by atoms with Gasteiger partial charge in [0.2, 0.25) is 0 Å². The SMILES string of the molecule is Cc1cccc2c1C13CCN(CC4CC4)C(C)C1(C)CCN(C)CC3C2. The van der Waals surface area contributed by atoms with Crippen LogP contribution < -0.4 is 0 Å². The lowest BCUT2D eigenvalue weighted by Crippen LogP contribution is -2.63. The molecule has 0 N–H and O–H groups in total. The van der Waals surface area contributed by atoms with Gasteiger partial charge in [0.1, 0.15) is 0 Å². The minimum absolute atomic E-state index is 0.382. The first-order chi connectivity index (χ1) is 12.5. The van der Waals surface area contributed by atoms with Gasteiger partial charge in [0.05, 0.1) is 0 Å². The predicted molar refractivity (Wildman–Crippen MR) is 109 cm³/mol. The molecule has 3 fully saturated rings. The van der Waals surface area contributed by atoms with Gasteiger partial charge in [-0.2, -0.15) is 0 Å². The van der Waals surface area contributed by atoms with Gasteiger partial charge >= 0.3 is 0 Å². The van der Waals surface area contributed by atoms with Crippen molar-refractivity contribution < 1.29 is 0 Å². The quantitative estimate of drug-likeness (QED) is 0.785. The number of benzene rings is 1. The van der Waals surface area contributed by atoms with Gasteiger partial charge in [-0.15, -0.1) is 0 Å². The topological polar surface area (TPSA) is 6.48 Å². The first-order valence-corrected chi connectivity index (χ1v) is 11.0. The first-order valence-electron chi connectivity index (χ1n) is 11.0. The summed E-state index contributed by atoms with van der Waals surface area (Å²) >= 11 is 0. The predicted octanol–water partition coefficient (Wildman–Crippen LogP) is 4.25. The van der Waals surface area contributed by atoms with E-state index < -0.39 is 0 Å². The second-order valence-electron chi connectivity index (χ2n) is 10.3. The molecule has 0 radical (unpaired) electrons. The summed E-state index contributed by atoms with van der Waals surface area (Å²) in [5, 5.41) is 0. The maximum atomic E-state index is 2.88. The van der Waals surface area contributed by atoms with Crippen molar-refractivity contribution in [3.63, 3.8) is 0 Å². The molecule has 0 amide bonds. The summed E-state index contributed by atoms with van der Waals surface area (Å²) in [7, 11) is 2.36. The Morgan fingerprint density at radius 2 is 1.96 bits per heavy atom. The molecule has 4 atom stereocenters. The van der Waals surface area contributed by atoms with Crippen LogP contribution in [0.5, 0.6) is 0 Å². The van der Waals surface area contributed by atoms with Crippen molar-refractivity contribution >= 4 is 0 Å². The van der Waals surface area contributed by atoms with Gasteiger partial charge in [-0.25, -0.2) is 0 Å². The van der Waals surface area contributed by atoms with Crippen LogP contribution >= 0.6 is 0 Å². The maximum Gasteiger partial charge on any atom is 0.0130 e. The number of aryl methyl sites for hydroxylation is 1. The molecule has 2 heteroatoms. The fourth-order valence-corrected chi connectivity index (χ4v) is 7.26. The Labute approximate surface area is 159 Å². The summed E-state index contributed by atoms with van der Waals surface area (Å²) in [5.74, 6) is 1.79. The lowest BCUT2D eigenvalue weighted by atomic mass is 9.50. The molecule has 1 aromatic rings. The summed E-state index contributed by atoms with van der Waals surface area (Å²) in [5.41, 5.74) is 5.76. The van der Waals surface area contributed by atoms with E-state index >= 15 is 0 Å². The van der Waals surface area contributed by atoms with Gasteiger partial charge in [0, 0.05) is 24.5 Å². The van der Waals surface area contributed by atoms with Crippen LogP contribution in [0.4, 0.5) is 0 Å². The van der Waals surface area contributed by atoms with Gasteiger partial charge in [-0.3, -0.25) is 4.90 Å². The van der Waals surface area contributed by atoms with Crippen molar-refractivity contribution in [1.29, 1.82) is 0 Å². The molecule has 2 heterocycles. The highest BCUT2D eigenvalue weighted by atomic mass is 15.2. The fourth-order valence-electron chi connectivity index (χ4n) is 7.26. The van der Waals surface area contributed by atoms with Crippen molar-refractivity contribution in [2.45, 2.75) is 64.3 Å². The van der Waals surface area contributed by atoms with Crippen molar-refractivity contribution in [2.75, 3.05) is 33.2 Å². The van der Waals surface area contributed by atoms with E-state index in [4.69, 9.17) is 0 Å². The lowest BCUT2D eigenvalue weighted by Gasteiger charge is -2.60. The number of fused-ring (bicyclic) bond motifs is 1. The van der Waals surface area contributed by atoms with Crippen LogP contribution in [0, 0.1) is 24.2 Å². The molecule has 5 rings (SSSR count). The zero-order valence-corrected chi connectivity index (χ0v) is 17.2. The maximum absolute atomic E-state index is 2.88. The van der Waals surface area contributed by atoms with Crippen molar-refractivity contribution in [3.05, 3.63) is 34.9 Å². The summed E-state index contributed by atoms with van der Waals surface area (Å²) < 4.78 is 0. The van der Waals surface area contributed by atoms with E-state index in [1.54, 1.807) is 16.7 Å². The van der Waals surface area contributed by atoms with Crippen molar-refractivity contribution in [3.8, 4) is 0 Å². The van der Waals surface area contributed by atoms with E-state index in [0.717, 1.165) is 11.8 Å². The van der Waals surface area contributed by atoms with Crippen LogP contribution in [0.15, 0.2) is 18.2 Å². The van der Waals surface area contributed by atoms with Gasteiger partial charge < -0.3 is 4.90 Å². The molecule has 1 saturated carbocycles. The Balaban J connectivity index is 1.64. The summed E-state index contributed by atoms with van der Waals surface area (Å²) in [4.78, 5) is 5.51. The number of hydrogen-bond acceptors (Lipinski definition) is 2. The van der Waals surface area contributed by atoms with Crippen molar-refractivity contribution in [2.24, 2.45) is 17.3 Å². The Kier molecular flexibility index (Phi) is 3.86. The normalized spacial score (nSPS) is 40.6. The molecule has 2 saturated heterocycles. The van der Waals surface area contributed by atoms with E-state index in [9.17, 15) is 0 Å². The van der Waals surface area contributed by atoms with E-state index in [-0.39, 0.29) is 0 Å². The Hall–Kier alpha value is -0.860. The van der Waals surface area contributed by atoms with Crippen molar-refractivity contribution in [1.82, 2.24) is 9.80 Å². The second-order valence-corrected chi connectivity index (χ2v) is 10.3. The molecule has 0 aromatic heterocycles. The van der Waals surface area contributed by atoms with Crippen LogP contribution in [0.2, 0.25) is 0 Å². The average Bonchev–Trinajstić information content (AvgIpc) is 3.38. The standard InChI is InChI=1S/C24H36N2/c1-17-6-5-7-20-14-21-16-25(4)12-10-23(3)18(2)26(15-19-8-9-19)13-11-24(21,23)22(17)20/h5-7,18-19,21H,8-16H2,1-4H3. The van der Waals surface area contributed by atoms with Crippen LogP contribution in [-0.4, -0.2) is 49.1 Å². The molecule has 142 valence electrons.